The SMILES string of the molecule is CC(=O)N(CC[C@@H](C)[C@@H](O)CC(N)=O)C(C)C. The summed E-state index contributed by atoms with van der Waals surface area (Å²) in [4.78, 5) is 23.7. The highest BCUT2D eigenvalue weighted by atomic mass is 16.3. The van der Waals surface area contributed by atoms with Gasteiger partial charge in [-0.15, -0.1) is 0 Å². The Morgan fingerprint density at radius 1 is 1.29 bits per heavy atom. The van der Waals surface area contributed by atoms with Crippen LogP contribution in [0, 0.1) is 5.92 Å². The molecule has 0 saturated heterocycles. The molecular weight excluding hydrogens is 220 g/mol. The van der Waals surface area contributed by atoms with Gasteiger partial charge >= 0.3 is 0 Å². The van der Waals surface area contributed by atoms with Crippen LogP contribution in [0.2, 0.25) is 0 Å². The number of rotatable bonds is 7. The van der Waals surface area contributed by atoms with Crippen molar-refractivity contribution in [2.24, 2.45) is 11.7 Å². The van der Waals surface area contributed by atoms with Gasteiger partial charge in [0.2, 0.25) is 11.8 Å². The number of carbonyl (C=O) groups excluding carboxylic acids is 2. The summed E-state index contributed by atoms with van der Waals surface area (Å²) in [5, 5.41) is 9.67. The molecule has 0 aromatic carbocycles. The van der Waals surface area contributed by atoms with Crippen LogP contribution in [0.1, 0.15) is 40.5 Å². The molecule has 0 aliphatic rings. The number of nitrogens with two attached hydrogens (primary N) is 1. The minimum Gasteiger partial charge on any atom is -0.392 e. The first-order valence-corrected chi connectivity index (χ1v) is 5.99. The summed E-state index contributed by atoms with van der Waals surface area (Å²) in [6, 6.07) is 0.146. The molecule has 0 saturated carbocycles. The molecule has 0 radical (unpaired) electrons. The molecule has 0 aromatic heterocycles. The summed E-state index contributed by atoms with van der Waals surface area (Å²) in [5.74, 6) is -0.531. The Hall–Kier alpha value is -1.10. The molecule has 0 rings (SSSR count). The third kappa shape index (κ3) is 6.26. The number of amides is 2. The lowest BCUT2D eigenvalue weighted by Crippen LogP contribution is -2.37. The number of nitrogens with zero attached hydrogens (tertiary/aromatic N) is 1. The molecule has 5 nitrogen and oxygen atoms in total. The quantitative estimate of drug-likeness (QED) is 0.684. The van der Waals surface area contributed by atoms with Crippen molar-refractivity contribution in [3.63, 3.8) is 0 Å². The van der Waals surface area contributed by atoms with Gasteiger partial charge in [0, 0.05) is 19.5 Å². The fourth-order valence-electron chi connectivity index (χ4n) is 1.72. The van der Waals surface area contributed by atoms with Crippen LogP contribution >= 0.6 is 0 Å². The van der Waals surface area contributed by atoms with Crippen LogP contribution in [-0.2, 0) is 9.59 Å². The molecular formula is C12H24N2O3. The maximum Gasteiger partial charge on any atom is 0.220 e. The van der Waals surface area contributed by atoms with Crippen molar-refractivity contribution in [2.45, 2.75) is 52.7 Å². The number of aliphatic hydroxyl groups excluding tert-OH is 1. The van der Waals surface area contributed by atoms with Crippen LogP contribution in [0.15, 0.2) is 0 Å². The van der Waals surface area contributed by atoms with E-state index in [0.717, 1.165) is 0 Å². The van der Waals surface area contributed by atoms with Crippen LogP contribution in [0.25, 0.3) is 0 Å². The topological polar surface area (TPSA) is 83.6 Å². The number of carbonyl (C=O) groups is 2. The molecule has 3 N–H and O–H groups in total. The minimum atomic E-state index is -0.728. The molecule has 2 atom stereocenters. The normalized spacial score (nSPS) is 14.5. The summed E-state index contributed by atoms with van der Waals surface area (Å²) >= 11 is 0. The predicted molar refractivity (Wildman–Crippen MR) is 66.1 cm³/mol. The Morgan fingerprint density at radius 2 is 1.82 bits per heavy atom. The first-order chi connectivity index (χ1) is 7.75. The second-order valence-corrected chi connectivity index (χ2v) is 4.81. The Morgan fingerprint density at radius 3 is 2.18 bits per heavy atom. The van der Waals surface area contributed by atoms with E-state index in [0.29, 0.717) is 13.0 Å². The first kappa shape index (κ1) is 15.9. The van der Waals surface area contributed by atoms with Crippen molar-refractivity contribution >= 4 is 11.8 Å². The molecule has 0 heterocycles. The van der Waals surface area contributed by atoms with Gasteiger partial charge in [0.1, 0.15) is 0 Å². The van der Waals surface area contributed by atoms with Gasteiger partial charge in [0.15, 0.2) is 0 Å². The van der Waals surface area contributed by atoms with Crippen molar-refractivity contribution in [2.75, 3.05) is 6.54 Å². The Balaban J connectivity index is 4.16. The van der Waals surface area contributed by atoms with Gasteiger partial charge in [0.25, 0.3) is 0 Å². The first-order valence-electron chi connectivity index (χ1n) is 5.99. The number of aliphatic hydroxyl groups is 1. The zero-order valence-electron chi connectivity index (χ0n) is 11.1. The zero-order chi connectivity index (χ0) is 13.6. The van der Waals surface area contributed by atoms with E-state index in [-0.39, 0.29) is 24.3 Å². The summed E-state index contributed by atoms with van der Waals surface area (Å²) in [6.45, 7) is 7.87. The predicted octanol–water partition coefficient (Wildman–Crippen LogP) is 0.506. The largest absolute Gasteiger partial charge is 0.392 e. The summed E-state index contributed by atoms with van der Waals surface area (Å²) < 4.78 is 0. The lowest BCUT2D eigenvalue weighted by atomic mass is 9.97. The highest BCUT2D eigenvalue weighted by Crippen LogP contribution is 2.13. The van der Waals surface area contributed by atoms with E-state index in [4.69, 9.17) is 5.73 Å². The van der Waals surface area contributed by atoms with Crippen LogP contribution in [-0.4, -0.2) is 40.5 Å². The Labute approximate surface area is 103 Å². The highest BCUT2D eigenvalue weighted by molar-refractivity contribution is 5.74. The van der Waals surface area contributed by atoms with Gasteiger partial charge in [-0.1, -0.05) is 6.92 Å². The number of primary amides is 1. The lowest BCUT2D eigenvalue weighted by Gasteiger charge is -2.27. The number of hydrogen-bond acceptors (Lipinski definition) is 3. The van der Waals surface area contributed by atoms with Crippen molar-refractivity contribution in [1.82, 2.24) is 4.90 Å². The third-order valence-corrected chi connectivity index (χ3v) is 2.92. The van der Waals surface area contributed by atoms with Crippen LogP contribution in [0.3, 0.4) is 0 Å². The van der Waals surface area contributed by atoms with E-state index in [1.165, 1.54) is 6.92 Å². The second-order valence-electron chi connectivity index (χ2n) is 4.81. The fourth-order valence-corrected chi connectivity index (χ4v) is 1.72. The van der Waals surface area contributed by atoms with E-state index < -0.39 is 12.0 Å². The molecule has 0 bridgehead atoms. The summed E-state index contributed by atoms with van der Waals surface area (Å²) in [6.07, 6.45) is -0.0942. The summed E-state index contributed by atoms with van der Waals surface area (Å²) in [5.41, 5.74) is 5.02. The fraction of sp³-hybridized carbons (Fsp3) is 0.833. The molecule has 17 heavy (non-hydrogen) atoms. The lowest BCUT2D eigenvalue weighted by molar-refractivity contribution is -0.131. The van der Waals surface area contributed by atoms with E-state index in [1.54, 1.807) is 4.90 Å². The van der Waals surface area contributed by atoms with Gasteiger partial charge in [0.05, 0.1) is 12.5 Å². The minimum absolute atomic E-state index is 0.0246. The van der Waals surface area contributed by atoms with Gasteiger partial charge < -0.3 is 15.7 Å². The Bertz CT molecular complexity index is 266. The van der Waals surface area contributed by atoms with Crippen molar-refractivity contribution < 1.29 is 14.7 Å². The number of hydrogen-bond donors (Lipinski definition) is 2. The highest BCUT2D eigenvalue weighted by Gasteiger charge is 2.19. The van der Waals surface area contributed by atoms with Crippen molar-refractivity contribution in [3.05, 3.63) is 0 Å². The molecule has 0 fully saturated rings. The van der Waals surface area contributed by atoms with Crippen molar-refractivity contribution in [1.29, 1.82) is 0 Å². The van der Waals surface area contributed by atoms with E-state index >= 15 is 0 Å². The Kier molecular flexibility index (Phi) is 6.80. The van der Waals surface area contributed by atoms with Gasteiger partial charge in [-0.2, -0.15) is 0 Å². The standard InChI is InChI=1S/C12H24N2O3/c1-8(2)14(10(4)15)6-5-9(3)11(16)7-12(13)17/h8-9,11,16H,5-7H2,1-4H3,(H2,13,17)/t9-,11+/m1/s1. The average molecular weight is 244 g/mol. The van der Waals surface area contributed by atoms with Gasteiger partial charge in [-0.3, -0.25) is 9.59 Å². The van der Waals surface area contributed by atoms with Crippen LogP contribution in [0.4, 0.5) is 0 Å². The molecule has 100 valence electrons. The van der Waals surface area contributed by atoms with Crippen LogP contribution in [0.5, 0.6) is 0 Å². The van der Waals surface area contributed by atoms with Crippen LogP contribution < -0.4 is 5.73 Å². The molecule has 0 aliphatic heterocycles. The molecule has 0 aromatic rings. The van der Waals surface area contributed by atoms with Gasteiger partial charge in [-0.25, -0.2) is 0 Å². The monoisotopic (exact) mass is 244 g/mol. The maximum absolute atomic E-state index is 11.3. The second kappa shape index (κ2) is 7.27. The smallest absolute Gasteiger partial charge is 0.220 e. The van der Waals surface area contributed by atoms with Crippen molar-refractivity contribution in [3.8, 4) is 0 Å². The molecule has 2 amide bonds. The molecule has 0 unspecified atom stereocenters. The van der Waals surface area contributed by atoms with E-state index in [2.05, 4.69) is 0 Å². The maximum atomic E-state index is 11.3. The molecule has 0 aliphatic carbocycles. The molecule has 5 heteroatoms. The van der Waals surface area contributed by atoms with E-state index in [1.807, 2.05) is 20.8 Å². The average Bonchev–Trinajstić information content (AvgIpc) is 2.15. The van der Waals surface area contributed by atoms with Gasteiger partial charge in [-0.05, 0) is 26.2 Å². The summed E-state index contributed by atoms with van der Waals surface area (Å²) in [7, 11) is 0. The van der Waals surface area contributed by atoms with E-state index in [9.17, 15) is 14.7 Å². The zero-order valence-corrected chi connectivity index (χ0v) is 11.1. The molecule has 0 spiro atoms. The third-order valence-electron chi connectivity index (χ3n) is 2.92.